The molecule has 0 unspecified atom stereocenters. The highest BCUT2D eigenvalue weighted by atomic mass is 16.4. The summed E-state index contributed by atoms with van der Waals surface area (Å²) in [5.41, 5.74) is 2.69. The van der Waals surface area contributed by atoms with E-state index in [1.54, 1.807) is 18.2 Å². The number of carbonyl (C=O) groups is 1. The molecule has 0 aliphatic carbocycles. The van der Waals surface area contributed by atoms with Gasteiger partial charge in [0.15, 0.2) is 0 Å². The zero-order chi connectivity index (χ0) is 18.1. The van der Waals surface area contributed by atoms with Crippen LogP contribution in [0.5, 0.6) is 0 Å². The largest absolute Gasteiger partial charge is 0.422 e. The van der Waals surface area contributed by atoms with Gasteiger partial charge >= 0.3 is 5.63 Å². The number of rotatable bonds is 3. The Morgan fingerprint density at radius 2 is 1.46 bits per heavy atom. The molecule has 0 bridgehead atoms. The number of para-hydroxylation sites is 1. The molecule has 0 amide bonds. The molecule has 0 spiro atoms. The average Bonchev–Trinajstić information content (AvgIpc) is 2.67. The highest BCUT2D eigenvalue weighted by Gasteiger charge is 2.24. The lowest BCUT2D eigenvalue weighted by Crippen LogP contribution is -2.18. The summed E-state index contributed by atoms with van der Waals surface area (Å²) in [6.45, 7) is 1.86. The maximum Gasteiger partial charge on any atom is 0.348 e. The summed E-state index contributed by atoms with van der Waals surface area (Å²) in [4.78, 5) is 26.0. The van der Waals surface area contributed by atoms with Crippen LogP contribution in [0.1, 0.15) is 21.5 Å². The molecule has 0 aliphatic rings. The monoisotopic (exact) mass is 340 g/mol. The van der Waals surface area contributed by atoms with Crippen molar-refractivity contribution in [2.45, 2.75) is 6.92 Å². The van der Waals surface area contributed by atoms with E-state index in [9.17, 15) is 9.59 Å². The molecule has 0 atom stereocenters. The van der Waals surface area contributed by atoms with Crippen LogP contribution in [-0.2, 0) is 0 Å². The van der Waals surface area contributed by atoms with Crippen molar-refractivity contribution >= 4 is 16.8 Å². The second-order valence-electron chi connectivity index (χ2n) is 6.15. The number of hydrogen-bond donors (Lipinski definition) is 0. The van der Waals surface area contributed by atoms with Gasteiger partial charge in [-0.25, -0.2) is 4.79 Å². The van der Waals surface area contributed by atoms with Crippen LogP contribution in [0.3, 0.4) is 0 Å². The topological polar surface area (TPSA) is 47.3 Å². The Morgan fingerprint density at radius 1 is 0.808 bits per heavy atom. The van der Waals surface area contributed by atoms with Crippen LogP contribution in [0.2, 0.25) is 0 Å². The van der Waals surface area contributed by atoms with Gasteiger partial charge in [0.05, 0.1) is 0 Å². The van der Waals surface area contributed by atoms with E-state index in [2.05, 4.69) is 0 Å². The highest BCUT2D eigenvalue weighted by molar-refractivity contribution is 6.16. The molecule has 1 heterocycles. The SMILES string of the molecule is Cc1ccccc1C(=O)c1c(-c2ccccc2)c2ccccc2oc1=O. The van der Waals surface area contributed by atoms with Gasteiger partial charge in [-0.2, -0.15) is 0 Å². The number of hydrogen-bond acceptors (Lipinski definition) is 3. The minimum Gasteiger partial charge on any atom is -0.422 e. The van der Waals surface area contributed by atoms with Crippen molar-refractivity contribution in [1.82, 2.24) is 0 Å². The molecule has 0 aliphatic heterocycles. The Morgan fingerprint density at radius 3 is 2.23 bits per heavy atom. The van der Waals surface area contributed by atoms with E-state index >= 15 is 0 Å². The van der Waals surface area contributed by atoms with Gasteiger partial charge in [-0.3, -0.25) is 4.79 Å². The third kappa shape index (κ3) is 2.64. The van der Waals surface area contributed by atoms with Crippen LogP contribution in [0.4, 0.5) is 0 Å². The minimum atomic E-state index is -0.615. The lowest BCUT2D eigenvalue weighted by molar-refractivity contribution is 0.103. The third-order valence-corrected chi connectivity index (χ3v) is 4.49. The first-order valence-corrected chi connectivity index (χ1v) is 8.38. The van der Waals surface area contributed by atoms with E-state index in [-0.39, 0.29) is 11.3 Å². The Bertz CT molecular complexity index is 1170. The Labute approximate surface area is 150 Å². The first kappa shape index (κ1) is 16.0. The molecule has 0 radical (unpaired) electrons. The van der Waals surface area contributed by atoms with Gasteiger partial charge in [-0.05, 0) is 24.1 Å². The van der Waals surface area contributed by atoms with Crippen LogP contribution >= 0.6 is 0 Å². The fraction of sp³-hybridized carbons (Fsp3) is 0.0435. The van der Waals surface area contributed by atoms with Gasteiger partial charge in [0.2, 0.25) is 5.78 Å². The molecule has 0 saturated carbocycles. The van der Waals surface area contributed by atoms with E-state index in [1.807, 2.05) is 67.6 Å². The second kappa shape index (κ2) is 6.45. The molecule has 3 nitrogen and oxygen atoms in total. The van der Waals surface area contributed by atoms with Crippen LogP contribution < -0.4 is 5.63 Å². The van der Waals surface area contributed by atoms with Crippen molar-refractivity contribution in [3.63, 3.8) is 0 Å². The second-order valence-corrected chi connectivity index (χ2v) is 6.15. The molecular formula is C23H16O3. The summed E-state index contributed by atoms with van der Waals surface area (Å²) in [5.74, 6) is -0.318. The molecule has 4 rings (SSSR count). The van der Waals surface area contributed by atoms with E-state index in [0.717, 1.165) is 16.5 Å². The first-order valence-electron chi connectivity index (χ1n) is 8.38. The van der Waals surface area contributed by atoms with Gasteiger partial charge in [0.1, 0.15) is 11.1 Å². The summed E-state index contributed by atoms with van der Waals surface area (Å²) >= 11 is 0. The average molecular weight is 340 g/mol. The summed E-state index contributed by atoms with van der Waals surface area (Å²) < 4.78 is 5.46. The summed E-state index contributed by atoms with van der Waals surface area (Å²) in [5, 5.41) is 0.746. The third-order valence-electron chi connectivity index (χ3n) is 4.49. The fourth-order valence-corrected chi connectivity index (χ4v) is 3.22. The quantitative estimate of drug-likeness (QED) is 0.389. The number of ketones is 1. The van der Waals surface area contributed by atoms with Crippen molar-refractivity contribution in [2.75, 3.05) is 0 Å². The lowest BCUT2D eigenvalue weighted by atomic mass is 9.91. The van der Waals surface area contributed by atoms with Crippen LogP contribution in [0, 0.1) is 6.92 Å². The van der Waals surface area contributed by atoms with Crippen molar-refractivity contribution in [3.8, 4) is 11.1 Å². The van der Waals surface area contributed by atoms with E-state index in [1.165, 1.54) is 0 Å². The summed E-state index contributed by atoms with van der Waals surface area (Å²) in [6, 6.07) is 24.0. The molecule has 4 aromatic rings. The maximum absolute atomic E-state index is 13.3. The van der Waals surface area contributed by atoms with Crippen LogP contribution in [0.15, 0.2) is 88.1 Å². The molecule has 0 saturated heterocycles. The Kier molecular flexibility index (Phi) is 3.98. The molecule has 3 aromatic carbocycles. The van der Waals surface area contributed by atoms with E-state index in [4.69, 9.17) is 4.42 Å². The van der Waals surface area contributed by atoms with Gasteiger partial charge < -0.3 is 4.42 Å². The fourth-order valence-electron chi connectivity index (χ4n) is 3.22. The van der Waals surface area contributed by atoms with Crippen molar-refractivity contribution in [3.05, 3.63) is 106 Å². The predicted molar refractivity (Wildman–Crippen MR) is 103 cm³/mol. The van der Waals surface area contributed by atoms with E-state index < -0.39 is 5.63 Å². The van der Waals surface area contributed by atoms with Gasteiger partial charge in [-0.1, -0.05) is 72.8 Å². The minimum absolute atomic E-state index is 0.0733. The Balaban J connectivity index is 2.10. The lowest BCUT2D eigenvalue weighted by Gasteiger charge is -2.12. The number of fused-ring (bicyclic) bond motifs is 1. The van der Waals surface area contributed by atoms with Gasteiger partial charge in [0.25, 0.3) is 0 Å². The van der Waals surface area contributed by atoms with Crippen molar-refractivity contribution in [2.24, 2.45) is 0 Å². The number of carbonyl (C=O) groups excluding carboxylic acids is 1. The summed E-state index contributed by atoms with van der Waals surface area (Å²) in [6.07, 6.45) is 0. The predicted octanol–water partition coefficient (Wildman–Crippen LogP) is 5.00. The zero-order valence-electron chi connectivity index (χ0n) is 14.2. The number of benzene rings is 3. The smallest absolute Gasteiger partial charge is 0.348 e. The molecule has 3 heteroatoms. The summed E-state index contributed by atoms with van der Waals surface area (Å²) in [7, 11) is 0. The van der Waals surface area contributed by atoms with Crippen molar-refractivity contribution in [1.29, 1.82) is 0 Å². The first-order chi connectivity index (χ1) is 12.7. The molecule has 26 heavy (non-hydrogen) atoms. The normalized spacial score (nSPS) is 10.8. The highest BCUT2D eigenvalue weighted by Crippen LogP contribution is 2.31. The van der Waals surface area contributed by atoms with Gasteiger partial charge in [-0.15, -0.1) is 0 Å². The number of aryl methyl sites for hydroxylation is 1. The van der Waals surface area contributed by atoms with Crippen LogP contribution in [0.25, 0.3) is 22.1 Å². The van der Waals surface area contributed by atoms with E-state index in [0.29, 0.717) is 16.7 Å². The maximum atomic E-state index is 13.3. The molecule has 1 aromatic heterocycles. The van der Waals surface area contributed by atoms with Crippen LogP contribution in [-0.4, -0.2) is 5.78 Å². The molecule has 0 N–H and O–H groups in total. The molecular weight excluding hydrogens is 324 g/mol. The van der Waals surface area contributed by atoms with Gasteiger partial charge in [0, 0.05) is 16.5 Å². The zero-order valence-corrected chi connectivity index (χ0v) is 14.2. The standard InChI is InChI=1S/C23H16O3/c1-15-9-5-6-12-17(15)22(24)21-20(16-10-3-2-4-11-16)18-13-7-8-14-19(18)26-23(21)25/h2-14H,1H3. The van der Waals surface area contributed by atoms with Crippen molar-refractivity contribution < 1.29 is 9.21 Å². The Hall–Kier alpha value is -3.46. The molecule has 0 fully saturated rings. The molecule has 126 valence electrons.